The lowest BCUT2D eigenvalue weighted by atomic mass is 9.86. The molecule has 0 heterocycles. The van der Waals surface area contributed by atoms with Crippen molar-refractivity contribution in [1.82, 2.24) is 9.80 Å². The van der Waals surface area contributed by atoms with Gasteiger partial charge in [-0.05, 0) is 42.0 Å². The Morgan fingerprint density at radius 1 is 1.07 bits per heavy atom. The standard InChI is InChI=1S/C10H22N2O3/c1-7(11(3)4)10(15,9(13)14)8(2)12(5)6/h7-8,15H,1-6H3,(H,13,14). The van der Waals surface area contributed by atoms with Crippen molar-refractivity contribution in [3.05, 3.63) is 0 Å². The van der Waals surface area contributed by atoms with E-state index >= 15 is 0 Å². The van der Waals surface area contributed by atoms with Crippen LogP contribution in [0.4, 0.5) is 0 Å². The number of likely N-dealkylation sites (N-methyl/N-ethyl adjacent to an activating group) is 2. The Balaban J connectivity index is 5.15. The third kappa shape index (κ3) is 2.68. The number of carboxylic acids is 1. The van der Waals surface area contributed by atoms with Crippen LogP contribution in [0, 0.1) is 0 Å². The van der Waals surface area contributed by atoms with Gasteiger partial charge in [0, 0.05) is 12.1 Å². The highest BCUT2D eigenvalue weighted by Gasteiger charge is 2.48. The van der Waals surface area contributed by atoms with Crippen LogP contribution in [-0.4, -0.2) is 71.9 Å². The van der Waals surface area contributed by atoms with Crippen molar-refractivity contribution in [3.63, 3.8) is 0 Å². The van der Waals surface area contributed by atoms with Crippen molar-refractivity contribution in [2.75, 3.05) is 28.2 Å². The zero-order valence-corrected chi connectivity index (χ0v) is 10.4. The van der Waals surface area contributed by atoms with Crippen LogP contribution in [0.2, 0.25) is 0 Å². The molecule has 0 rings (SSSR count). The molecule has 0 radical (unpaired) electrons. The van der Waals surface area contributed by atoms with Crippen LogP contribution in [0.3, 0.4) is 0 Å². The maximum atomic E-state index is 11.2. The van der Waals surface area contributed by atoms with Gasteiger partial charge in [-0.2, -0.15) is 0 Å². The van der Waals surface area contributed by atoms with Crippen molar-refractivity contribution < 1.29 is 15.0 Å². The first-order valence-electron chi connectivity index (χ1n) is 4.94. The first-order valence-corrected chi connectivity index (χ1v) is 4.94. The molecule has 2 unspecified atom stereocenters. The Bertz CT molecular complexity index is 215. The van der Waals surface area contributed by atoms with E-state index in [9.17, 15) is 9.90 Å². The van der Waals surface area contributed by atoms with E-state index in [1.54, 1.807) is 51.8 Å². The molecule has 0 fully saturated rings. The number of carboxylic acid groups (broad SMARTS) is 1. The van der Waals surface area contributed by atoms with Crippen molar-refractivity contribution in [2.45, 2.75) is 31.5 Å². The number of hydrogen-bond donors (Lipinski definition) is 2. The van der Waals surface area contributed by atoms with Crippen LogP contribution in [-0.2, 0) is 4.79 Å². The third-order valence-corrected chi connectivity index (χ3v) is 3.17. The van der Waals surface area contributed by atoms with Crippen LogP contribution in [0.5, 0.6) is 0 Å². The highest BCUT2D eigenvalue weighted by Crippen LogP contribution is 2.22. The second kappa shape index (κ2) is 4.92. The van der Waals surface area contributed by atoms with Crippen molar-refractivity contribution in [3.8, 4) is 0 Å². The summed E-state index contributed by atoms with van der Waals surface area (Å²) in [6.45, 7) is 3.40. The second-order valence-corrected chi connectivity index (χ2v) is 4.41. The molecule has 15 heavy (non-hydrogen) atoms. The monoisotopic (exact) mass is 218 g/mol. The number of aliphatic carboxylic acids is 1. The van der Waals surface area contributed by atoms with E-state index in [0.29, 0.717) is 0 Å². The Kier molecular flexibility index (Phi) is 4.70. The van der Waals surface area contributed by atoms with E-state index in [1.165, 1.54) is 0 Å². The fraction of sp³-hybridized carbons (Fsp3) is 0.900. The Hall–Kier alpha value is -0.650. The van der Waals surface area contributed by atoms with Crippen molar-refractivity contribution in [2.24, 2.45) is 0 Å². The zero-order valence-electron chi connectivity index (χ0n) is 10.4. The summed E-state index contributed by atoms with van der Waals surface area (Å²) in [4.78, 5) is 14.6. The predicted molar refractivity (Wildman–Crippen MR) is 58.9 cm³/mol. The summed E-state index contributed by atoms with van der Waals surface area (Å²) >= 11 is 0. The topological polar surface area (TPSA) is 64.0 Å². The van der Waals surface area contributed by atoms with Crippen LogP contribution in [0.15, 0.2) is 0 Å². The van der Waals surface area contributed by atoms with Crippen molar-refractivity contribution in [1.29, 1.82) is 0 Å². The average Bonchev–Trinajstić information content (AvgIpc) is 2.13. The van der Waals surface area contributed by atoms with Gasteiger partial charge in [-0.25, -0.2) is 4.79 Å². The SMILES string of the molecule is CC(N(C)C)C(O)(C(=O)O)C(C)N(C)C. The smallest absolute Gasteiger partial charge is 0.339 e. The van der Waals surface area contributed by atoms with Crippen molar-refractivity contribution >= 4 is 5.97 Å². The molecular formula is C10H22N2O3. The van der Waals surface area contributed by atoms with Gasteiger partial charge in [0.15, 0.2) is 5.60 Å². The maximum Gasteiger partial charge on any atom is 0.339 e. The summed E-state index contributed by atoms with van der Waals surface area (Å²) < 4.78 is 0. The summed E-state index contributed by atoms with van der Waals surface area (Å²) in [5.41, 5.74) is -1.77. The molecule has 0 aliphatic heterocycles. The lowest BCUT2D eigenvalue weighted by molar-refractivity contribution is -0.173. The zero-order chi connectivity index (χ0) is 12.4. The molecule has 0 spiro atoms. The van der Waals surface area contributed by atoms with E-state index in [-0.39, 0.29) is 0 Å². The highest BCUT2D eigenvalue weighted by molar-refractivity contribution is 5.79. The molecule has 2 N–H and O–H groups in total. The molecule has 5 nitrogen and oxygen atoms in total. The van der Waals surface area contributed by atoms with E-state index < -0.39 is 23.7 Å². The van der Waals surface area contributed by atoms with Crippen LogP contribution in [0.25, 0.3) is 0 Å². The number of nitrogens with zero attached hydrogens (tertiary/aromatic N) is 2. The van der Waals surface area contributed by atoms with E-state index in [4.69, 9.17) is 5.11 Å². The van der Waals surface area contributed by atoms with Crippen LogP contribution < -0.4 is 0 Å². The van der Waals surface area contributed by atoms with Gasteiger partial charge in [0.2, 0.25) is 0 Å². The minimum Gasteiger partial charge on any atom is -0.479 e. The molecular weight excluding hydrogens is 196 g/mol. The Morgan fingerprint density at radius 2 is 1.33 bits per heavy atom. The van der Waals surface area contributed by atoms with E-state index in [2.05, 4.69) is 0 Å². The van der Waals surface area contributed by atoms with E-state index in [0.717, 1.165) is 0 Å². The molecule has 0 saturated heterocycles. The molecule has 0 aromatic rings. The minimum atomic E-state index is -1.77. The highest BCUT2D eigenvalue weighted by atomic mass is 16.4. The molecule has 0 aliphatic carbocycles. The second-order valence-electron chi connectivity index (χ2n) is 4.41. The molecule has 90 valence electrons. The number of hydrogen-bond acceptors (Lipinski definition) is 4. The first-order chi connectivity index (χ1) is 6.65. The lowest BCUT2D eigenvalue weighted by Gasteiger charge is -2.41. The normalized spacial score (nSPS) is 20.1. The summed E-state index contributed by atoms with van der Waals surface area (Å²) in [6, 6.07) is -0.931. The van der Waals surface area contributed by atoms with Gasteiger partial charge < -0.3 is 20.0 Å². The van der Waals surface area contributed by atoms with Crippen LogP contribution >= 0.6 is 0 Å². The van der Waals surface area contributed by atoms with Gasteiger partial charge >= 0.3 is 5.97 Å². The number of rotatable bonds is 5. The molecule has 0 aromatic heterocycles. The van der Waals surface area contributed by atoms with Gasteiger partial charge in [-0.3, -0.25) is 0 Å². The molecule has 0 bridgehead atoms. The summed E-state index contributed by atoms with van der Waals surface area (Å²) in [7, 11) is 7.00. The molecule has 0 saturated carbocycles. The first kappa shape index (κ1) is 14.3. The summed E-state index contributed by atoms with van der Waals surface area (Å²) in [5.74, 6) is -1.19. The van der Waals surface area contributed by atoms with Gasteiger partial charge in [0.1, 0.15) is 0 Å². The lowest BCUT2D eigenvalue weighted by Crippen LogP contribution is -2.63. The van der Waals surface area contributed by atoms with Gasteiger partial charge in [-0.15, -0.1) is 0 Å². The summed E-state index contributed by atoms with van der Waals surface area (Å²) in [6.07, 6.45) is 0. The largest absolute Gasteiger partial charge is 0.479 e. The van der Waals surface area contributed by atoms with Gasteiger partial charge in [-0.1, -0.05) is 0 Å². The summed E-state index contributed by atoms with van der Waals surface area (Å²) in [5, 5.41) is 19.5. The minimum absolute atomic E-state index is 0.465. The third-order valence-electron chi connectivity index (χ3n) is 3.17. The Labute approximate surface area is 91.3 Å². The molecule has 2 atom stereocenters. The number of aliphatic hydroxyl groups is 1. The molecule has 5 heteroatoms. The van der Waals surface area contributed by atoms with Gasteiger partial charge in [0.05, 0.1) is 0 Å². The van der Waals surface area contributed by atoms with Crippen LogP contribution in [0.1, 0.15) is 13.8 Å². The Morgan fingerprint density at radius 3 is 1.47 bits per heavy atom. The number of carbonyl (C=O) groups is 1. The van der Waals surface area contributed by atoms with Gasteiger partial charge in [0.25, 0.3) is 0 Å². The van der Waals surface area contributed by atoms with E-state index in [1.807, 2.05) is 0 Å². The molecule has 0 aliphatic rings. The fourth-order valence-electron chi connectivity index (χ4n) is 1.49. The molecule has 0 aromatic carbocycles. The predicted octanol–water partition coefficient (Wildman–Crippen LogP) is -0.298. The average molecular weight is 218 g/mol. The maximum absolute atomic E-state index is 11.2. The fourth-order valence-corrected chi connectivity index (χ4v) is 1.49. The quantitative estimate of drug-likeness (QED) is 0.663. The molecule has 0 amide bonds.